The second-order valence-corrected chi connectivity index (χ2v) is 13.0. The Balaban J connectivity index is 0.000000179. The summed E-state index contributed by atoms with van der Waals surface area (Å²) in [5, 5.41) is 13.2. The van der Waals surface area contributed by atoms with Crippen LogP contribution in [0.25, 0.3) is 0 Å². The highest BCUT2D eigenvalue weighted by atomic mass is 35.5. The van der Waals surface area contributed by atoms with Gasteiger partial charge in [-0.3, -0.25) is 9.69 Å². The lowest BCUT2D eigenvalue weighted by atomic mass is 9.85. The van der Waals surface area contributed by atoms with Gasteiger partial charge >= 0.3 is 0 Å². The molecule has 2 unspecified atom stereocenters. The van der Waals surface area contributed by atoms with E-state index in [2.05, 4.69) is 22.4 Å². The third-order valence-corrected chi connectivity index (χ3v) is 9.94. The zero-order valence-corrected chi connectivity index (χ0v) is 30.9. The van der Waals surface area contributed by atoms with Gasteiger partial charge in [0.05, 0.1) is 41.6 Å². The van der Waals surface area contributed by atoms with Crippen molar-refractivity contribution >= 4 is 46.2 Å². The standard InChI is InChI=1S/C22H26N2O4.C17H14Cl2N2O2/c1-7-15-13(2)23-24-22(14-8-9-18(25-3)19(10-14)26-4)17-12-21(28-6)20(27-5)11-16(15)17;18-11-5-6-15-13(9-11)17(12-3-1-2-4-14(12)19)21(7-8-23-17)10-16(22)20-15/h8-12,15H,7H2,1-6H3;1-6,9H,7-8,10H2,(H,20,22). The molecule has 3 heterocycles. The molecule has 1 N–H and O–H groups in total. The fourth-order valence-electron chi connectivity index (χ4n) is 6.97. The molecular weight excluding hydrogens is 691 g/mol. The van der Waals surface area contributed by atoms with Gasteiger partial charge in [-0.1, -0.05) is 48.3 Å². The SMILES string of the molecule is CCC1C(C)=NN=C(c2ccc(OC)c(OC)c2)c2cc(OC)c(OC)cc21.O=C1CN2CCOC2(c2ccccc2Cl)c2cc(Cl)ccc2N1. The van der Waals surface area contributed by atoms with Gasteiger partial charge in [-0.25, -0.2) is 0 Å². The van der Waals surface area contributed by atoms with Crippen molar-refractivity contribution in [2.45, 2.75) is 31.9 Å². The smallest absolute Gasteiger partial charge is 0.238 e. The third-order valence-electron chi connectivity index (χ3n) is 9.38. The van der Waals surface area contributed by atoms with Crippen LogP contribution >= 0.6 is 23.2 Å². The van der Waals surface area contributed by atoms with Crippen LogP contribution in [-0.2, 0) is 15.3 Å². The molecule has 0 saturated carbocycles. The van der Waals surface area contributed by atoms with E-state index >= 15 is 0 Å². The van der Waals surface area contributed by atoms with Gasteiger partial charge < -0.3 is 29.0 Å². The summed E-state index contributed by atoms with van der Waals surface area (Å²) in [5.74, 6) is 2.73. The second kappa shape index (κ2) is 15.3. The van der Waals surface area contributed by atoms with Gasteiger partial charge in [-0.2, -0.15) is 5.10 Å². The zero-order valence-electron chi connectivity index (χ0n) is 29.4. The Labute approximate surface area is 307 Å². The molecule has 1 saturated heterocycles. The molecule has 1 amide bonds. The maximum Gasteiger partial charge on any atom is 0.238 e. The van der Waals surface area contributed by atoms with Crippen molar-refractivity contribution in [3.8, 4) is 23.0 Å². The molecule has 266 valence electrons. The predicted octanol–water partition coefficient (Wildman–Crippen LogP) is 7.92. The number of hydrogen-bond acceptors (Lipinski definition) is 9. The number of methoxy groups -OCH3 is 4. The highest BCUT2D eigenvalue weighted by Gasteiger charge is 2.50. The van der Waals surface area contributed by atoms with E-state index in [1.165, 1.54) is 0 Å². The number of hydrogen-bond donors (Lipinski definition) is 1. The lowest BCUT2D eigenvalue weighted by Gasteiger charge is -2.37. The van der Waals surface area contributed by atoms with Crippen molar-refractivity contribution in [2.75, 3.05) is 53.5 Å². The number of amides is 1. The first kappa shape index (κ1) is 36.2. The lowest BCUT2D eigenvalue weighted by molar-refractivity contribution is -0.120. The van der Waals surface area contributed by atoms with Gasteiger partial charge in [-0.15, -0.1) is 5.10 Å². The molecule has 10 nitrogen and oxygen atoms in total. The third kappa shape index (κ3) is 6.77. The Kier molecular flexibility index (Phi) is 10.9. The van der Waals surface area contributed by atoms with Crippen LogP contribution in [0.1, 0.15) is 54.0 Å². The van der Waals surface area contributed by atoms with Crippen LogP contribution < -0.4 is 24.3 Å². The molecule has 0 aromatic heterocycles. The van der Waals surface area contributed by atoms with E-state index in [0.29, 0.717) is 51.9 Å². The first-order valence-corrected chi connectivity index (χ1v) is 17.3. The van der Waals surface area contributed by atoms with Crippen molar-refractivity contribution < 1.29 is 28.5 Å². The number of rotatable bonds is 7. The fourth-order valence-corrected chi connectivity index (χ4v) is 7.40. The molecule has 4 aromatic carbocycles. The quantitative estimate of drug-likeness (QED) is 0.206. The van der Waals surface area contributed by atoms with E-state index < -0.39 is 5.72 Å². The molecule has 0 spiro atoms. The second-order valence-electron chi connectivity index (χ2n) is 12.1. The Morgan fingerprint density at radius 2 is 1.57 bits per heavy atom. The zero-order chi connectivity index (χ0) is 36.3. The van der Waals surface area contributed by atoms with Crippen molar-refractivity contribution in [1.29, 1.82) is 0 Å². The molecule has 0 bridgehead atoms. The van der Waals surface area contributed by atoms with Crippen LogP contribution in [0.2, 0.25) is 10.0 Å². The Bertz CT molecular complexity index is 2020. The Morgan fingerprint density at radius 1 is 0.863 bits per heavy atom. The minimum atomic E-state index is -0.905. The van der Waals surface area contributed by atoms with E-state index in [0.717, 1.165) is 45.7 Å². The summed E-state index contributed by atoms with van der Waals surface area (Å²) >= 11 is 12.7. The predicted molar refractivity (Wildman–Crippen MR) is 201 cm³/mol. The number of anilines is 1. The number of benzene rings is 4. The van der Waals surface area contributed by atoms with Gasteiger partial charge in [0.25, 0.3) is 0 Å². The van der Waals surface area contributed by atoms with Crippen LogP contribution in [-0.4, -0.2) is 70.4 Å². The van der Waals surface area contributed by atoms with E-state index in [1.54, 1.807) is 40.6 Å². The van der Waals surface area contributed by atoms with Crippen LogP contribution in [0.3, 0.4) is 0 Å². The summed E-state index contributed by atoms with van der Waals surface area (Å²) in [5.41, 5.74) is 6.12. The highest BCUT2D eigenvalue weighted by molar-refractivity contribution is 6.31. The molecule has 3 aliphatic rings. The lowest BCUT2D eigenvalue weighted by Crippen LogP contribution is -2.44. The number of nitrogens with one attached hydrogen (secondary N) is 1. The molecule has 51 heavy (non-hydrogen) atoms. The van der Waals surface area contributed by atoms with Crippen LogP contribution in [0.4, 0.5) is 5.69 Å². The topological polar surface area (TPSA) is 103 Å². The number of ether oxygens (including phenoxy) is 5. The van der Waals surface area contributed by atoms with Crippen LogP contribution in [0.15, 0.2) is 83.0 Å². The van der Waals surface area contributed by atoms with E-state index in [-0.39, 0.29) is 18.4 Å². The average molecular weight is 732 g/mol. The number of nitrogens with zero attached hydrogens (tertiary/aromatic N) is 3. The Hall–Kier alpha value is -4.61. The molecular formula is C39H40Cl2N4O6. The van der Waals surface area contributed by atoms with Crippen molar-refractivity contribution in [3.05, 3.63) is 111 Å². The van der Waals surface area contributed by atoms with Gasteiger partial charge in [0.1, 0.15) is 5.71 Å². The number of fused-ring (bicyclic) bond motifs is 4. The maximum absolute atomic E-state index is 12.3. The molecule has 1 fully saturated rings. The highest BCUT2D eigenvalue weighted by Crippen LogP contribution is 2.48. The van der Waals surface area contributed by atoms with Crippen molar-refractivity contribution in [1.82, 2.24) is 4.90 Å². The molecule has 0 aliphatic carbocycles. The van der Waals surface area contributed by atoms with Crippen LogP contribution in [0.5, 0.6) is 23.0 Å². The van der Waals surface area contributed by atoms with Crippen LogP contribution in [0, 0.1) is 0 Å². The molecule has 3 aliphatic heterocycles. The van der Waals surface area contributed by atoms with Gasteiger partial charge in [-0.05, 0) is 73.5 Å². The largest absolute Gasteiger partial charge is 0.493 e. The van der Waals surface area contributed by atoms with Gasteiger partial charge in [0.15, 0.2) is 28.7 Å². The maximum atomic E-state index is 12.3. The van der Waals surface area contributed by atoms with E-state index in [9.17, 15) is 4.79 Å². The van der Waals surface area contributed by atoms with E-state index in [1.807, 2.05) is 72.5 Å². The number of carbonyl (C=O) groups is 1. The van der Waals surface area contributed by atoms with Crippen molar-refractivity contribution in [2.24, 2.45) is 10.2 Å². The number of halogens is 2. The molecule has 2 atom stereocenters. The Morgan fingerprint density at radius 3 is 2.27 bits per heavy atom. The normalized spacial score (nSPS) is 19.4. The van der Waals surface area contributed by atoms with Gasteiger partial charge in [0, 0.05) is 56.2 Å². The summed E-state index contributed by atoms with van der Waals surface area (Å²) in [6.45, 7) is 5.55. The monoisotopic (exact) mass is 730 g/mol. The summed E-state index contributed by atoms with van der Waals surface area (Å²) in [6.07, 6.45) is 0.909. The first-order chi connectivity index (χ1) is 24.7. The molecule has 0 radical (unpaired) electrons. The van der Waals surface area contributed by atoms with Gasteiger partial charge in [0.2, 0.25) is 5.91 Å². The summed E-state index contributed by atoms with van der Waals surface area (Å²) in [7, 11) is 6.51. The molecule has 4 aromatic rings. The van der Waals surface area contributed by atoms with Crippen molar-refractivity contribution in [3.63, 3.8) is 0 Å². The molecule has 12 heteroatoms. The summed E-state index contributed by atoms with van der Waals surface area (Å²) in [6, 6.07) is 22.7. The first-order valence-electron chi connectivity index (χ1n) is 16.5. The summed E-state index contributed by atoms with van der Waals surface area (Å²) < 4.78 is 28.1. The van der Waals surface area contributed by atoms with E-state index in [4.69, 9.17) is 46.9 Å². The average Bonchev–Trinajstić information content (AvgIpc) is 3.44. The summed E-state index contributed by atoms with van der Waals surface area (Å²) in [4.78, 5) is 14.3. The minimum Gasteiger partial charge on any atom is -0.493 e. The molecule has 7 rings (SSSR count). The number of carbonyl (C=O) groups excluding carboxylic acids is 1. The fraction of sp³-hybridized carbons (Fsp3) is 0.308. The minimum absolute atomic E-state index is 0.0759.